The topological polar surface area (TPSA) is 101 Å². The van der Waals surface area contributed by atoms with E-state index in [1.54, 1.807) is 22.9 Å². The van der Waals surface area contributed by atoms with E-state index < -0.39 is 6.04 Å². The van der Waals surface area contributed by atoms with Gasteiger partial charge < -0.3 is 20.5 Å². The van der Waals surface area contributed by atoms with Gasteiger partial charge in [0.2, 0.25) is 5.95 Å². The summed E-state index contributed by atoms with van der Waals surface area (Å²) in [5.74, 6) is 1.63. The third-order valence-electron chi connectivity index (χ3n) is 5.74. The number of anilines is 2. The molecule has 0 saturated heterocycles. The van der Waals surface area contributed by atoms with Gasteiger partial charge in [-0.05, 0) is 67.9 Å². The van der Waals surface area contributed by atoms with Crippen LogP contribution >= 0.6 is 0 Å². The van der Waals surface area contributed by atoms with Crippen molar-refractivity contribution in [2.75, 3.05) is 17.2 Å². The smallest absolute Gasteiger partial charge is 0.255 e. The van der Waals surface area contributed by atoms with Crippen molar-refractivity contribution in [3.05, 3.63) is 95.7 Å². The number of allylic oxidation sites excluding steroid dienone is 1. The van der Waals surface area contributed by atoms with Gasteiger partial charge in [0.25, 0.3) is 5.91 Å². The Morgan fingerprint density at radius 3 is 2.57 bits per heavy atom. The number of nitrogens with zero attached hydrogens (tertiary/aromatic N) is 3. The second-order valence-corrected chi connectivity index (χ2v) is 8.14. The Balaban J connectivity index is 1.57. The second kappa shape index (κ2) is 9.34. The van der Waals surface area contributed by atoms with Gasteiger partial charge in [0.15, 0.2) is 5.82 Å². The first-order valence-electron chi connectivity index (χ1n) is 11.4. The Kier molecular flexibility index (Phi) is 5.93. The lowest BCUT2D eigenvalue weighted by Gasteiger charge is -2.28. The molecule has 0 aliphatic carbocycles. The molecule has 1 amide bonds. The third-order valence-corrected chi connectivity index (χ3v) is 5.74. The van der Waals surface area contributed by atoms with E-state index >= 15 is 0 Å². The first kappa shape index (κ1) is 22.2. The van der Waals surface area contributed by atoms with Crippen molar-refractivity contribution in [2.24, 2.45) is 0 Å². The fraction of sp³-hybridized carbons (Fsp3) is 0.148. The first-order valence-corrected chi connectivity index (χ1v) is 11.4. The predicted molar refractivity (Wildman–Crippen MR) is 134 cm³/mol. The van der Waals surface area contributed by atoms with Gasteiger partial charge in [-0.1, -0.05) is 30.3 Å². The maximum absolute atomic E-state index is 13.5. The number of phenolic OH excluding ortho intramolecular Hbond substituents is 1. The number of ether oxygens (including phenoxy) is 1. The molecule has 3 N–H and O–H groups in total. The lowest BCUT2D eigenvalue weighted by atomic mass is 9.95. The minimum Gasteiger partial charge on any atom is -0.508 e. The average Bonchev–Trinajstić information content (AvgIpc) is 3.28. The van der Waals surface area contributed by atoms with Crippen LogP contribution in [-0.2, 0) is 4.79 Å². The maximum atomic E-state index is 13.5. The van der Waals surface area contributed by atoms with Crippen molar-refractivity contribution in [1.29, 1.82) is 0 Å². The van der Waals surface area contributed by atoms with E-state index in [1.807, 2.05) is 74.5 Å². The van der Waals surface area contributed by atoms with E-state index in [0.29, 0.717) is 40.9 Å². The number of carbonyl (C=O) groups is 1. The highest BCUT2D eigenvalue weighted by molar-refractivity contribution is 6.06. The molecule has 8 heteroatoms. The number of hydrogen-bond acceptors (Lipinski definition) is 6. The molecule has 35 heavy (non-hydrogen) atoms. The van der Waals surface area contributed by atoms with E-state index in [9.17, 15) is 9.90 Å². The van der Waals surface area contributed by atoms with E-state index in [4.69, 9.17) is 14.8 Å². The van der Waals surface area contributed by atoms with Crippen LogP contribution in [0.5, 0.6) is 11.5 Å². The summed E-state index contributed by atoms with van der Waals surface area (Å²) in [7, 11) is 0. The summed E-state index contributed by atoms with van der Waals surface area (Å²) in [6.45, 7) is 4.36. The first-order chi connectivity index (χ1) is 17.0. The van der Waals surface area contributed by atoms with Crippen LogP contribution in [0, 0.1) is 0 Å². The van der Waals surface area contributed by atoms with E-state index in [0.717, 1.165) is 11.3 Å². The van der Waals surface area contributed by atoms with Crippen LogP contribution in [0.4, 0.5) is 11.6 Å². The summed E-state index contributed by atoms with van der Waals surface area (Å²) in [5.41, 5.74) is 3.36. The zero-order valence-electron chi connectivity index (χ0n) is 19.4. The molecule has 176 valence electrons. The molecule has 0 saturated carbocycles. The number of aromatic hydroxyl groups is 1. The van der Waals surface area contributed by atoms with Crippen LogP contribution in [0.3, 0.4) is 0 Å². The van der Waals surface area contributed by atoms with Gasteiger partial charge in [-0.25, -0.2) is 4.68 Å². The van der Waals surface area contributed by atoms with Crippen LogP contribution in [0.2, 0.25) is 0 Å². The fourth-order valence-electron chi connectivity index (χ4n) is 4.16. The Bertz CT molecular complexity index is 1390. The highest BCUT2D eigenvalue weighted by Gasteiger charge is 2.34. The molecule has 1 aliphatic heterocycles. The molecule has 1 atom stereocenters. The molecule has 1 aromatic heterocycles. The van der Waals surface area contributed by atoms with Gasteiger partial charge in [-0.3, -0.25) is 4.79 Å². The number of phenols is 1. The molecular weight excluding hydrogens is 442 g/mol. The molecule has 3 aromatic carbocycles. The number of amides is 1. The molecule has 5 rings (SSSR count). The standard InChI is InChI=1S/C27H25N5O3/c1-3-35-22-14-12-18(13-15-22)25-30-27-28-17(2)23(26(34)29-20-9-5-4-6-10-20)24(32(27)31-25)19-8-7-11-21(33)16-19/h4-16,24,33H,3H2,1-2H3,(H,29,34)(H,28,30,31). The van der Waals surface area contributed by atoms with Crippen LogP contribution in [0.1, 0.15) is 25.5 Å². The Hall–Kier alpha value is -4.59. The van der Waals surface area contributed by atoms with Crippen molar-refractivity contribution in [2.45, 2.75) is 19.9 Å². The van der Waals surface area contributed by atoms with Gasteiger partial charge in [-0.2, -0.15) is 4.98 Å². The largest absolute Gasteiger partial charge is 0.508 e. The van der Waals surface area contributed by atoms with Crippen LogP contribution in [0.15, 0.2) is 90.1 Å². The third kappa shape index (κ3) is 4.46. The molecule has 0 fully saturated rings. The lowest BCUT2D eigenvalue weighted by Crippen LogP contribution is -2.31. The Morgan fingerprint density at radius 1 is 1.09 bits per heavy atom. The SMILES string of the molecule is CCOc1ccc(-c2nc3n(n2)C(c2cccc(O)c2)C(C(=O)Nc2ccccc2)=C(C)N3)cc1. The number of rotatable bonds is 6. The normalized spacial score (nSPS) is 14.7. The minimum absolute atomic E-state index is 0.106. The maximum Gasteiger partial charge on any atom is 0.255 e. The van der Waals surface area contributed by atoms with Crippen LogP contribution in [-0.4, -0.2) is 32.4 Å². The molecule has 2 heterocycles. The number of carbonyl (C=O) groups excluding carboxylic acids is 1. The van der Waals surface area contributed by atoms with Crippen molar-refractivity contribution in [1.82, 2.24) is 14.8 Å². The zero-order chi connectivity index (χ0) is 24.4. The second-order valence-electron chi connectivity index (χ2n) is 8.14. The van der Waals surface area contributed by atoms with Gasteiger partial charge in [0.05, 0.1) is 12.2 Å². The molecule has 0 bridgehead atoms. The average molecular weight is 468 g/mol. The monoisotopic (exact) mass is 467 g/mol. The summed E-state index contributed by atoms with van der Waals surface area (Å²) in [5, 5.41) is 21.1. The van der Waals surface area contributed by atoms with Crippen LogP contribution < -0.4 is 15.4 Å². The molecule has 4 aromatic rings. The van der Waals surface area contributed by atoms with Crippen LogP contribution in [0.25, 0.3) is 11.4 Å². The van der Waals surface area contributed by atoms with Gasteiger partial charge in [-0.15, -0.1) is 5.10 Å². The molecule has 0 spiro atoms. The molecule has 0 radical (unpaired) electrons. The molecule has 1 aliphatic rings. The summed E-state index contributed by atoms with van der Waals surface area (Å²) < 4.78 is 7.22. The highest BCUT2D eigenvalue weighted by atomic mass is 16.5. The molecular formula is C27H25N5O3. The number of fused-ring (bicyclic) bond motifs is 1. The van der Waals surface area contributed by atoms with E-state index in [-0.39, 0.29) is 11.7 Å². The Morgan fingerprint density at radius 2 is 1.86 bits per heavy atom. The molecule has 1 unspecified atom stereocenters. The lowest BCUT2D eigenvalue weighted by molar-refractivity contribution is -0.113. The quantitative estimate of drug-likeness (QED) is 0.370. The Labute approximate surface area is 202 Å². The summed E-state index contributed by atoms with van der Waals surface area (Å²) in [4.78, 5) is 18.2. The minimum atomic E-state index is -0.592. The zero-order valence-corrected chi connectivity index (χ0v) is 19.4. The number of nitrogens with one attached hydrogen (secondary N) is 2. The summed E-state index contributed by atoms with van der Waals surface area (Å²) >= 11 is 0. The van der Waals surface area contributed by atoms with Crippen molar-refractivity contribution >= 4 is 17.5 Å². The molecule has 8 nitrogen and oxygen atoms in total. The fourth-order valence-corrected chi connectivity index (χ4v) is 4.16. The number of para-hydroxylation sites is 1. The van der Waals surface area contributed by atoms with E-state index in [2.05, 4.69) is 10.6 Å². The number of benzene rings is 3. The van der Waals surface area contributed by atoms with Crippen molar-refractivity contribution in [3.8, 4) is 22.9 Å². The van der Waals surface area contributed by atoms with Crippen molar-refractivity contribution < 1.29 is 14.6 Å². The summed E-state index contributed by atoms with van der Waals surface area (Å²) in [6.07, 6.45) is 0. The van der Waals surface area contributed by atoms with Gasteiger partial charge >= 0.3 is 0 Å². The van der Waals surface area contributed by atoms with Gasteiger partial charge in [0.1, 0.15) is 17.5 Å². The van der Waals surface area contributed by atoms with E-state index in [1.165, 1.54) is 0 Å². The number of aromatic nitrogens is 3. The highest BCUT2D eigenvalue weighted by Crippen LogP contribution is 2.37. The van der Waals surface area contributed by atoms with Crippen molar-refractivity contribution in [3.63, 3.8) is 0 Å². The van der Waals surface area contributed by atoms with Gasteiger partial charge in [0, 0.05) is 16.9 Å². The summed E-state index contributed by atoms with van der Waals surface area (Å²) in [6, 6.07) is 23.1. The number of hydrogen-bond donors (Lipinski definition) is 3. The predicted octanol–water partition coefficient (Wildman–Crippen LogP) is 4.98.